The van der Waals surface area contributed by atoms with Gasteiger partial charge in [0.2, 0.25) is 0 Å². The molecule has 0 bridgehead atoms. The molecule has 4 nitrogen and oxygen atoms in total. The monoisotopic (exact) mass is 247 g/mol. The van der Waals surface area contributed by atoms with Gasteiger partial charge in [-0.1, -0.05) is 0 Å². The molecule has 1 aromatic heterocycles. The van der Waals surface area contributed by atoms with Crippen LogP contribution >= 0.6 is 0 Å². The Bertz CT molecular complexity index is 440. The summed E-state index contributed by atoms with van der Waals surface area (Å²) in [5.74, 6) is 0.188. The number of carbonyl (C=O) groups excluding carboxylic acids is 1. The van der Waals surface area contributed by atoms with E-state index in [1.54, 1.807) is 0 Å². The first-order valence-corrected chi connectivity index (χ1v) is 6.88. The molecule has 2 fully saturated rings. The quantitative estimate of drug-likeness (QED) is 0.862. The number of aromatic nitrogens is 1. The number of nitrogens with zero attached hydrogens (tertiary/aromatic N) is 2. The van der Waals surface area contributed by atoms with Crippen molar-refractivity contribution in [1.29, 1.82) is 0 Å². The lowest BCUT2D eigenvalue weighted by molar-refractivity contribution is 0.0533. The van der Waals surface area contributed by atoms with Crippen molar-refractivity contribution >= 4 is 5.91 Å². The maximum atomic E-state index is 12.7. The molecule has 0 radical (unpaired) electrons. The summed E-state index contributed by atoms with van der Waals surface area (Å²) in [5, 5.41) is 3.36. The Kier molecular flexibility index (Phi) is 2.90. The molecule has 1 amide bonds. The molecule has 1 N–H and O–H groups in total. The first-order chi connectivity index (χ1) is 8.68. The maximum Gasteiger partial charge on any atom is 0.271 e. The third-order valence-corrected chi connectivity index (χ3v) is 4.00. The Balaban J connectivity index is 1.86. The second kappa shape index (κ2) is 4.43. The van der Waals surface area contributed by atoms with Gasteiger partial charge in [-0.2, -0.15) is 0 Å². The molecule has 1 saturated heterocycles. The molecule has 3 rings (SSSR count). The molecule has 1 aromatic rings. The smallest absolute Gasteiger partial charge is 0.271 e. The Morgan fingerprint density at radius 1 is 1.28 bits per heavy atom. The van der Waals surface area contributed by atoms with E-state index in [0.717, 1.165) is 18.8 Å². The molecular formula is C14H21N3O. The van der Waals surface area contributed by atoms with E-state index in [4.69, 9.17) is 0 Å². The summed E-state index contributed by atoms with van der Waals surface area (Å²) in [5.41, 5.74) is 0.859. The molecule has 2 atom stereocenters. The van der Waals surface area contributed by atoms with E-state index in [9.17, 15) is 4.79 Å². The molecule has 1 aliphatic heterocycles. The fourth-order valence-electron chi connectivity index (χ4n) is 2.91. The van der Waals surface area contributed by atoms with Crippen LogP contribution in [0.15, 0.2) is 18.3 Å². The molecule has 2 heterocycles. The minimum Gasteiger partial charge on any atom is -0.340 e. The van der Waals surface area contributed by atoms with E-state index in [1.807, 2.05) is 23.2 Å². The lowest BCUT2D eigenvalue weighted by Gasteiger charge is -2.39. The number of carbonyl (C=O) groups is 1. The summed E-state index contributed by atoms with van der Waals surface area (Å²) in [6.45, 7) is 6.01. The van der Waals surface area contributed by atoms with Gasteiger partial charge in [-0.05, 0) is 38.8 Å². The highest BCUT2D eigenvalue weighted by molar-refractivity contribution is 5.93. The topological polar surface area (TPSA) is 37.3 Å². The minimum atomic E-state index is 0.188. The first kappa shape index (κ1) is 11.8. The van der Waals surface area contributed by atoms with Crippen molar-refractivity contribution in [2.24, 2.45) is 0 Å². The molecule has 4 heteroatoms. The van der Waals surface area contributed by atoms with Crippen LogP contribution in [-0.2, 0) is 0 Å². The average Bonchev–Trinajstić information content (AvgIpc) is 3.06. The summed E-state index contributed by atoms with van der Waals surface area (Å²) < 4.78 is 2.16. The maximum absolute atomic E-state index is 12.7. The highest BCUT2D eigenvalue weighted by Gasteiger charge is 2.33. The molecule has 2 unspecified atom stereocenters. The van der Waals surface area contributed by atoms with E-state index in [0.29, 0.717) is 6.04 Å². The van der Waals surface area contributed by atoms with Gasteiger partial charge in [0.25, 0.3) is 5.91 Å². The zero-order chi connectivity index (χ0) is 12.7. The number of piperazine rings is 1. The van der Waals surface area contributed by atoms with Gasteiger partial charge >= 0.3 is 0 Å². The minimum absolute atomic E-state index is 0.188. The van der Waals surface area contributed by atoms with Gasteiger partial charge in [0.15, 0.2) is 0 Å². The van der Waals surface area contributed by atoms with Gasteiger partial charge in [-0.3, -0.25) is 4.79 Å². The number of hydrogen-bond donors (Lipinski definition) is 1. The van der Waals surface area contributed by atoms with Gasteiger partial charge in [-0.25, -0.2) is 0 Å². The van der Waals surface area contributed by atoms with Gasteiger partial charge < -0.3 is 14.8 Å². The van der Waals surface area contributed by atoms with Gasteiger partial charge in [-0.15, -0.1) is 0 Å². The van der Waals surface area contributed by atoms with Gasteiger partial charge in [0.1, 0.15) is 5.69 Å². The lowest BCUT2D eigenvalue weighted by atomic mass is 10.1. The Labute approximate surface area is 108 Å². The van der Waals surface area contributed by atoms with Crippen LogP contribution in [0, 0.1) is 0 Å². The van der Waals surface area contributed by atoms with Crippen molar-refractivity contribution in [3.8, 4) is 0 Å². The number of amides is 1. The van der Waals surface area contributed by atoms with E-state index >= 15 is 0 Å². The zero-order valence-electron chi connectivity index (χ0n) is 11.1. The lowest BCUT2D eigenvalue weighted by Crippen LogP contribution is -2.57. The zero-order valence-corrected chi connectivity index (χ0v) is 11.1. The van der Waals surface area contributed by atoms with Crippen LogP contribution in [0.3, 0.4) is 0 Å². The Morgan fingerprint density at radius 3 is 2.56 bits per heavy atom. The summed E-state index contributed by atoms with van der Waals surface area (Å²) in [6.07, 6.45) is 4.46. The predicted molar refractivity (Wildman–Crippen MR) is 70.7 cm³/mol. The van der Waals surface area contributed by atoms with Crippen molar-refractivity contribution in [2.45, 2.75) is 44.8 Å². The third kappa shape index (κ3) is 1.94. The molecule has 98 valence electrons. The summed E-state index contributed by atoms with van der Waals surface area (Å²) >= 11 is 0. The van der Waals surface area contributed by atoms with Crippen molar-refractivity contribution < 1.29 is 4.79 Å². The molecule has 18 heavy (non-hydrogen) atoms. The fourth-order valence-corrected chi connectivity index (χ4v) is 2.91. The van der Waals surface area contributed by atoms with Crippen LogP contribution in [-0.4, -0.2) is 40.5 Å². The average molecular weight is 247 g/mol. The molecule has 2 aliphatic rings. The van der Waals surface area contributed by atoms with Crippen molar-refractivity contribution in [3.05, 3.63) is 24.0 Å². The third-order valence-electron chi connectivity index (χ3n) is 4.00. The van der Waals surface area contributed by atoms with E-state index in [2.05, 4.69) is 23.7 Å². The highest BCUT2D eigenvalue weighted by atomic mass is 16.2. The second-order valence-electron chi connectivity index (χ2n) is 5.60. The summed E-state index contributed by atoms with van der Waals surface area (Å²) in [7, 11) is 0. The van der Waals surface area contributed by atoms with E-state index in [1.165, 1.54) is 12.8 Å². The van der Waals surface area contributed by atoms with Crippen LogP contribution in [0.4, 0.5) is 0 Å². The van der Waals surface area contributed by atoms with Crippen molar-refractivity contribution in [2.75, 3.05) is 13.1 Å². The van der Waals surface area contributed by atoms with Crippen molar-refractivity contribution in [1.82, 2.24) is 14.8 Å². The molecule has 1 aliphatic carbocycles. The van der Waals surface area contributed by atoms with Crippen LogP contribution < -0.4 is 5.32 Å². The van der Waals surface area contributed by atoms with Crippen LogP contribution in [0.5, 0.6) is 0 Å². The predicted octanol–water partition coefficient (Wildman–Crippen LogP) is 1.65. The second-order valence-corrected chi connectivity index (χ2v) is 5.60. The SMILES string of the molecule is CC1CNCC(C)N1C(=O)c1cccn1C1CC1. The largest absolute Gasteiger partial charge is 0.340 e. The summed E-state index contributed by atoms with van der Waals surface area (Å²) in [4.78, 5) is 14.7. The van der Waals surface area contributed by atoms with Crippen LogP contribution in [0.1, 0.15) is 43.2 Å². The van der Waals surface area contributed by atoms with Crippen molar-refractivity contribution in [3.63, 3.8) is 0 Å². The first-order valence-electron chi connectivity index (χ1n) is 6.88. The number of nitrogens with one attached hydrogen (secondary N) is 1. The molecule has 0 aromatic carbocycles. The Hall–Kier alpha value is -1.29. The van der Waals surface area contributed by atoms with E-state index < -0.39 is 0 Å². The normalized spacial score (nSPS) is 28.4. The molecular weight excluding hydrogens is 226 g/mol. The van der Waals surface area contributed by atoms with Crippen LogP contribution in [0.2, 0.25) is 0 Å². The highest BCUT2D eigenvalue weighted by Crippen LogP contribution is 2.36. The van der Waals surface area contributed by atoms with Gasteiger partial charge in [0.05, 0.1) is 0 Å². The standard InChI is InChI=1S/C14H21N3O/c1-10-8-15-9-11(2)17(10)14(18)13-4-3-7-16(13)12-5-6-12/h3-4,7,10-12,15H,5-6,8-9H2,1-2H3. The van der Waals surface area contributed by atoms with Gasteiger partial charge in [0, 0.05) is 37.4 Å². The number of hydrogen-bond acceptors (Lipinski definition) is 2. The molecule has 0 spiro atoms. The summed E-state index contributed by atoms with van der Waals surface area (Å²) in [6, 6.07) is 5.05. The Morgan fingerprint density at radius 2 is 1.94 bits per heavy atom. The fraction of sp³-hybridized carbons (Fsp3) is 0.643. The van der Waals surface area contributed by atoms with Crippen LogP contribution in [0.25, 0.3) is 0 Å². The van der Waals surface area contributed by atoms with E-state index in [-0.39, 0.29) is 18.0 Å². The number of rotatable bonds is 2. The molecule has 1 saturated carbocycles.